The molecule has 0 unspecified atom stereocenters. The van der Waals surface area contributed by atoms with Crippen LogP contribution in [0.15, 0.2) is 24.5 Å². The van der Waals surface area contributed by atoms with E-state index in [0.29, 0.717) is 12.6 Å². The zero-order valence-electron chi connectivity index (χ0n) is 11.3. The van der Waals surface area contributed by atoms with E-state index in [4.69, 9.17) is 16.3 Å². The van der Waals surface area contributed by atoms with E-state index >= 15 is 0 Å². The second kappa shape index (κ2) is 5.81. The van der Waals surface area contributed by atoms with Crippen molar-refractivity contribution in [3.05, 3.63) is 40.9 Å². The van der Waals surface area contributed by atoms with E-state index in [1.165, 1.54) is 12.8 Å². The molecular formula is C14H17ClN4O. The third-order valence-corrected chi connectivity index (χ3v) is 3.74. The molecule has 0 amide bonds. The van der Waals surface area contributed by atoms with Crippen molar-refractivity contribution in [1.29, 1.82) is 0 Å². The predicted octanol–water partition coefficient (Wildman–Crippen LogP) is 2.30. The summed E-state index contributed by atoms with van der Waals surface area (Å²) in [6, 6.07) is 6.36. The van der Waals surface area contributed by atoms with Crippen LogP contribution in [0.3, 0.4) is 0 Å². The average Bonchev–Trinajstić information content (AvgIpc) is 3.17. The number of aryl methyl sites for hydroxylation is 1. The lowest BCUT2D eigenvalue weighted by Crippen LogP contribution is -2.16. The summed E-state index contributed by atoms with van der Waals surface area (Å²) in [7, 11) is 1.90. The van der Waals surface area contributed by atoms with E-state index in [2.05, 4.69) is 15.5 Å². The van der Waals surface area contributed by atoms with Crippen LogP contribution in [0.5, 0.6) is 5.75 Å². The van der Waals surface area contributed by atoms with Crippen LogP contribution in [0.25, 0.3) is 0 Å². The van der Waals surface area contributed by atoms with Crippen LogP contribution in [-0.4, -0.2) is 20.8 Å². The van der Waals surface area contributed by atoms with Crippen LogP contribution in [0, 0.1) is 0 Å². The lowest BCUT2D eigenvalue weighted by molar-refractivity contribution is 0.287. The molecule has 0 saturated heterocycles. The molecule has 3 rings (SSSR count). The molecule has 20 heavy (non-hydrogen) atoms. The highest BCUT2D eigenvalue weighted by Gasteiger charge is 2.21. The van der Waals surface area contributed by atoms with Gasteiger partial charge in [-0.1, -0.05) is 17.7 Å². The molecule has 0 bridgehead atoms. The van der Waals surface area contributed by atoms with Crippen molar-refractivity contribution in [3.8, 4) is 5.75 Å². The highest BCUT2D eigenvalue weighted by atomic mass is 35.5. The van der Waals surface area contributed by atoms with Gasteiger partial charge in [0, 0.05) is 30.2 Å². The van der Waals surface area contributed by atoms with Crippen LogP contribution >= 0.6 is 11.6 Å². The van der Waals surface area contributed by atoms with Gasteiger partial charge < -0.3 is 14.6 Å². The molecule has 0 aliphatic heterocycles. The molecule has 5 nitrogen and oxygen atoms in total. The maximum Gasteiger partial charge on any atom is 0.170 e. The minimum absolute atomic E-state index is 0.382. The number of rotatable bonds is 6. The van der Waals surface area contributed by atoms with Crippen LogP contribution in [0.1, 0.15) is 24.2 Å². The Bertz CT molecular complexity index is 595. The summed E-state index contributed by atoms with van der Waals surface area (Å²) >= 11 is 6.27. The molecule has 106 valence electrons. The molecule has 2 aromatic rings. The van der Waals surface area contributed by atoms with E-state index in [1.807, 2.05) is 29.8 Å². The van der Waals surface area contributed by atoms with Crippen molar-refractivity contribution in [2.75, 3.05) is 0 Å². The maximum absolute atomic E-state index is 6.27. The molecule has 0 radical (unpaired) electrons. The highest BCUT2D eigenvalue weighted by Crippen LogP contribution is 2.28. The normalized spacial score (nSPS) is 14.5. The highest BCUT2D eigenvalue weighted by molar-refractivity contribution is 6.31. The van der Waals surface area contributed by atoms with Crippen molar-refractivity contribution in [2.24, 2.45) is 7.05 Å². The summed E-state index contributed by atoms with van der Waals surface area (Å²) in [5.41, 5.74) is 1.00. The quantitative estimate of drug-likeness (QED) is 0.887. The summed E-state index contributed by atoms with van der Waals surface area (Å²) in [6.45, 7) is 1.12. The summed E-state index contributed by atoms with van der Waals surface area (Å²) in [5.74, 6) is 1.58. The number of hydrogen-bond acceptors (Lipinski definition) is 4. The Hall–Kier alpha value is -1.59. The number of aromatic nitrogens is 3. The van der Waals surface area contributed by atoms with Crippen LogP contribution in [0.2, 0.25) is 5.02 Å². The first-order valence-electron chi connectivity index (χ1n) is 6.70. The van der Waals surface area contributed by atoms with Gasteiger partial charge >= 0.3 is 0 Å². The Balaban J connectivity index is 1.70. The van der Waals surface area contributed by atoms with E-state index in [-0.39, 0.29) is 0 Å². The molecule has 0 atom stereocenters. The lowest BCUT2D eigenvalue weighted by atomic mass is 10.2. The van der Waals surface area contributed by atoms with Gasteiger partial charge in [-0.25, -0.2) is 0 Å². The molecule has 1 aliphatic rings. The first-order chi connectivity index (χ1) is 9.74. The molecule has 1 aliphatic carbocycles. The number of nitrogens with zero attached hydrogens (tertiary/aromatic N) is 3. The molecule has 1 heterocycles. The van der Waals surface area contributed by atoms with Crippen molar-refractivity contribution < 1.29 is 4.74 Å². The van der Waals surface area contributed by atoms with Crippen LogP contribution < -0.4 is 10.1 Å². The summed E-state index contributed by atoms with van der Waals surface area (Å²) in [6.07, 6.45) is 4.16. The second-order valence-corrected chi connectivity index (χ2v) is 5.43. The van der Waals surface area contributed by atoms with E-state index < -0.39 is 0 Å². The molecule has 1 N–H and O–H groups in total. The summed E-state index contributed by atoms with van der Waals surface area (Å²) in [4.78, 5) is 0. The zero-order chi connectivity index (χ0) is 13.9. The fourth-order valence-electron chi connectivity index (χ4n) is 1.96. The Kier molecular flexibility index (Phi) is 3.89. The molecule has 1 aromatic carbocycles. The van der Waals surface area contributed by atoms with E-state index in [1.54, 1.807) is 6.33 Å². The van der Waals surface area contributed by atoms with Crippen LogP contribution in [0.4, 0.5) is 0 Å². The zero-order valence-corrected chi connectivity index (χ0v) is 12.1. The maximum atomic E-state index is 6.27. The molecule has 1 aromatic heterocycles. The SMILES string of the molecule is Cn1cnnc1COc1cccc(Cl)c1CNC1CC1. The van der Waals surface area contributed by atoms with E-state index in [0.717, 1.165) is 28.7 Å². The minimum atomic E-state index is 0.382. The monoisotopic (exact) mass is 292 g/mol. The average molecular weight is 293 g/mol. The van der Waals surface area contributed by atoms with Crippen molar-refractivity contribution in [2.45, 2.75) is 32.0 Å². The third-order valence-electron chi connectivity index (χ3n) is 3.38. The second-order valence-electron chi connectivity index (χ2n) is 5.02. The Morgan fingerprint density at radius 3 is 3.00 bits per heavy atom. The Morgan fingerprint density at radius 2 is 2.30 bits per heavy atom. The first kappa shape index (κ1) is 13.4. The minimum Gasteiger partial charge on any atom is -0.485 e. The van der Waals surface area contributed by atoms with Gasteiger partial charge in [-0.2, -0.15) is 0 Å². The summed E-state index contributed by atoms with van der Waals surface area (Å²) < 4.78 is 7.69. The topological polar surface area (TPSA) is 52.0 Å². The summed E-state index contributed by atoms with van der Waals surface area (Å²) in [5, 5.41) is 12.0. The lowest BCUT2D eigenvalue weighted by Gasteiger charge is -2.13. The van der Waals surface area contributed by atoms with Crippen LogP contribution in [-0.2, 0) is 20.2 Å². The van der Waals surface area contributed by atoms with Crippen molar-refractivity contribution in [1.82, 2.24) is 20.1 Å². The number of halogens is 1. The van der Waals surface area contributed by atoms with Crippen molar-refractivity contribution >= 4 is 11.6 Å². The predicted molar refractivity (Wildman–Crippen MR) is 76.6 cm³/mol. The van der Waals surface area contributed by atoms with Gasteiger partial charge in [-0.05, 0) is 25.0 Å². The van der Waals surface area contributed by atoms with Crippen molar-refractivity contribution in [3.63, 3.8) is 0 Å². The van der Waals surface area contributed by atoms with Gasteiger partial charge in [0.1, 0.15) is 18.7 Å². The van der Waals surface area contributed by atoms with Gasteiger partial charge in [0.25, 0.3) is 0 Å². The number of hydrogen-bond donors (Lipinski definition) is 1. The van der Waals surface area contributed by atoms with Gasteiger partial charge in [0.05, 0.1) is 0 Å². The number of ether oxygens (including phenoxy) is 1. The standard InChI is InChI=1S/C14H17ClN4O/c1-19-9-17-18-14(19)8-20-13-4-2-3-12(15)11(13)7-16-10-5-6-10/h2-4,9-10,16H,5-8H2,1H3. The molecular weight excluding hydrogens is 276 g/mol. The molecule has 6 heteroatoms. The first-order valence-corrected chi connectivity index (χ1v) is 7.08. The smallest absolute Gasteiger partial charge is 0.170 e. The van der Waals surface area contributed by atoms with Gasteiger partial charge in [0.2, 0.25) is 0 Å². The van der Waals surface area contributed by atoms with Gasteiger partial charge in [0.15, 0.2) is 5.82 Å². The molecule has 1 saturated carbocycles. The van der Waals surface area contributed by atoms with Gasteiger partial charge in [-0.15, -0.1) is 10.2 Å². The molecule has 0 spiro atoms. The largest absolute Gasteiger partial charge is 0.485 e. The fourth-order valence-corrected chi connectivity index (χ4v) is 2.19. The fraction of sp³-hybridized carbons (Fsp3) is 0.429. The Labute approximate surface area is 122 Å². The molecule has 1 fully saturated rings. The van der Waals surface area contributed by atoms with Gasteiger partial charge in [-0.3, -0.25) is 0 Å². The third kappa shape index (κ3) is 3.11. The van der Waals surface area contributed by atoms with E-state index in [9.17, 15) is 0 Å². The number of benzene rings is 1. The Morgan fingerprint density at radius 1 is 1.45 bits per heavy atom. The number of nitrogens with one attached hydrogen (secondary N) is 1.